The highest BCUT2D eigenvalue weighted by molar-refractivity contribution is 6.29. The van der Waals surface area contributed by atoms with Gasteiger partial charge < -0.3 is 9.80 Å². The molecule has 2 aliphatic rings. The molecule has 1 unspecified atom stereocenters. The van der Waals surface area contributed by atoms with Gasteiger partial charge in [0, 0.05) is 33.5 Å². The summed E-state index contributed by atoms with van der Waals surface area (Å²) >= 11 is 0. The summed E-state index contributed by atoms with van der Waals surface area (Å²) in [5.74, 6) is 3.61. The van der Waals surface area contributed by atoms with Crippen LogP contribution in [0.1, 0.15) is 202 Å². The fourth-order valence-corrected chi connectivity index (χ4v) is 12.7. The molecule has 2 heteroatoms. The molecule has 0 saturated heterocycles. The van der Waals surface area contributed by atoms with Crippen molar-refractivity contribution in [3.8, 4) is 0 Å². The molecule has 1 atom stereocenters. The lowest BCUT2D eigenvalue weighted by Crippen LogP contribution is -2.13. The summed E-state index contributed by atoms with van der Waals surface area (Å²) in [6.07, 6.45) is 14.5. The zero-order valence-electron chi connectivity index (χ0n) is 43.4. The van der Waals surface area contributed by atoms with Crippen molar-refractivity contribution in [2.45, 2.75) is 168 Å². The Morgan fingerprint density at radius 3 is 1.07 bits per heavy atom. The molecule has 2 aliphatic carbocycles. The van der Waals surface area contributed by atoms with E-state index in [1.54, 1.807) is 0 Å². The molecular formula is C67H78N2. The van der Waals surface area contributed by atoms with Crippen molar-refractivity contribution in [3.63, 3.8) is 0 Å². The second-order valence-electron chi connectivity index (χ2n) is 22.7. The molecule has 69 heavy (non-hydrogen) atoms. The summed E-state index contributed by atoms with van der Waals surface area (Å²) in [7, 11) is 0. The molecule has 8 aromatic carbocycles. The van der Waals surface area contributed by atoms with Gasteiger partial charge in [-0.15, -0.1) is 0 Å². The van der Waals surface area contributed by atoms with Crippen molar-refractivity contribution < 1.29 is 0 Å². The van der Waals surface area contributed by atoms with Gasteiger partial charge in [-0.2, -0.15) is 0 Å². The zero-order valence-corrected chi connectivity index (χ0v) is 43.4. The van der Waals surface area contributed by atoms with E-state index in [1.807, 2.05) is 0 Å². The van der Waals surface area contributed by atoms with Crippen LogP contribution in [0.15, 0.2) is 133 Å². The first kappa shape index (κ1) is 47.1. The van der Waals surface area contributed by atoms with E-state index in [9.17, 15) is 0 Å². The lowest BCUT2D eigenvalue weighted by atomic mass is 9.83. The van der Waals surface area contributed by atoms with Crippen LogP contribution in [-0.2, 0) is 0 Å². The van der Waals surface area contributed by atoms with Gasteiger partial charge in [0.1, 0.15) is 0 Å². The molecule has 0 spiro atoms. The molecule has 0 radical (unpaired) electrons. The highest BCUT2D eigenvalue weighted by atomic mass is 15.1. The van der Waals surface area contributed by atoms with Crippen LogP contribution in [0, 0.1) is 5.92 Å². The Morgan fingerprint density at radius 2 is 0.725 bits per heavy atom. The lowest BCUT2D eigenvalue weighted by Gasteiger charge is -2.32. The summed E-state index contributed by atoms with van der Waals surface area (Å²) in [6.45, 7) is 21.2. The number of hydrogen-bond acceptors (Lipinski definition) is 2. The minimum atomic E-state index is 0.323. The van der Waals surface area contributed by atoms with Gasteiger partial charge in [0.05, 0.1) is 11.4 Å². The minimum absolute atomic E-state index is 0.323. The first-order valence-electron chi connectivity index (χ1n) is 27.2. The third-order valence-corrected chi connectivity index (χ3v) is 16.5. The average Bonchev–Trinajstić information content (AvgIpc) is 3.37. The van der Waals surface area contributed by atoms with Gasteiger partial charge in [0.25, 0.3) is 0 Å². The second kappa shape index (κ2) is 20.0. The summed E-state index contributed by atoms with van der Waals surface area (Å²) in [4.78, 5) is 5.15. The van der Waals surface area contributed by atoms with E-state index >= 15 is 0 Å². The molecule has 0 amide bonds. The molecule has 2 fully saturated rings. The summed E-state index contributed by atoms with van der Waals surface area (Å²) in [5, 5.41) is 8.09. The Balaban J connectivity index is 1.21. The van der Waals surface area contributed by atoms with Crippen molar-refractivity contribution >= 4 is 66.4 Å². The van der Waals surface area contributed by atoms with E-state index < -0.39 is 0 Å². The fourth-order valence-electron chi connectivity index (χ4n) is 12.7. The van der Waals surface area contributed by atoms with Gasteiger partial charge in [-0.1, -0.05) is 174 Å². The van der Waals surface area contributed by atoms with E-state index in [-0.39, 0.29) is 0 Å². The Bertz CT molecular complexity index is 2910. The molecule has 0 N–H and O–H groups in total. The van der Waals surface area contributed by atoms with Crippen LogP contribution in [0.3, 0.4) is 0 Å². The molecule has 2 nitrogen and oxygen atoms in total. The Labute approximate surface area is 415 Å². The van der Waals surface area contributed by atoms with Gasteiger partial charge >= 0.3 is 0 Å². The quantitative estimate of drug-likeness (QED) is 0.100. The van der Waals surface area contributed by atoms with Crippen molar-refractivity contribution in [1.82, 2.24) is 0 Å². The maximum Gasteiger partial charge on any atom is 0.0543 e. The third kappa shape index (κ3) is 9.31. The van der Waals surface area contributed by atoms with Gasteiger partial charge in [0.2, 0.25) is 0 Å². The number of nitrogens with zero attached hydrogens (tertiary/aromatic N) is 2. The predicted molar refractivity (Wildman–Crippen MR) is 301 cm³/mol. The predicted octanol–water partition coefficient (Wildman–Crippen LogP) is 21.1. The minimum Gasteiger partial charge on any atom is -0.310 e. The summed E-state index contributed by atoms with van der Waals surface area (Å²) in [5.41, 5.74) is 15.9. The van der Waals surface area contributed by atoms with Crippen LogP contribution in [-0.4, -0.2) is 0 Å². The van der Waals surface area contributed by atoms with Crippen LogP contribution >= 0.6 is 0 Å². The highest BCUT2D eigenvalue weighted by Crippen LogP contribution is 2.51. The van der Waals surface area contributed by atoms with E-state index in [2.05, 4.69) is 206 Å². The molecule has 0 bridgehead atoms. The van der Waals surface area contributed by atoms with E-state index in [1.165, 1.54) is 170 Å². The summed E-state index contributed by atoms with van der Waals surface area (Å²) < 4.78 is 0. The second-order valence-corrected chi connectivity index (χ2v) is 22.7. The van der Waals surface area contributed by atoms with Crippen molar-refractivity contribution in [2.75, 3.05) is 9.80 Å². The highest BCUT2D eigenvalue weighted by Gasteiger charge is 2.27. The molecule has 2 saturated carbocycles. The van der Waals surface area contributed by atoms with E-state index in [0.717, 1.165) is 0 Å². The standard InChI is InChI=1S/C67H78N2/c1-43(2)40-47(9)49-22-30-55(31-23-49)68(54-28-20-48(21-29-54)44(3)4)64-41-62(45(5)6)58-37-39-61-65(42-63(46(7)8)59-36-38-60(64)66(58)67(59)61)69(56-32-24-52(25-33-56)50-16-12-10-13-17-50)57-34-26-53(27-35-57)51-18-14-11-15-19-51/h20-39,41-47,50-51H,10-19,40H2,1-9H3. The van der Waals surface area contributed by atoms with Gasteiger partial charge in [-0.25, -0.2) is 0 Å². The number of rotatable bonds is 14. The Kier molecular flexibility index (Phi) is 13.7. The number of hydrogen-bond donors (Lipinski definition) is 0. The van der Waals surface area contributed by atoms with Crippen molar-refractivity contribution in [3.05, 3.63) is 167 Å². The van der Waals surface area contributed by atoms with E-state index in [0.29, 0.717) is 41.4 Å². The average molecular weight is 911 g/mol. The lowest BCUT2D eigenvalue weighted by molar-refractivity contribution is 0.443. The molecule has 8 aromatic rings. The molecule has 0 heterocycles. The van der Waals surface area contributed by atoms with Crippen molar-refractivity contribution in [1.29, 1.82) is 0 Å². The molecule has 0 aliphatic heterocycles. The van der Waals surface area contributed by atoms with E-state index in [4.69, 9.17) is 0 Å². The van der Waals surface area contributed by atoms with Gasteiger partial charge in [0.15, 0.2) is 0 Å². The SMILES string of the molecule is CC(C)CC(C)c1ccc(N(c2ccc(C(C)C)cc2)c2cc(C(C)C)c3ccc4c(N(c5ccc(C6CCCCC6)cc5)c5ccc(C6CCCCC6)cc5)cc(C(C)C)c5ccc2c3c54)cc1. The topological polar surface area (TPSA) is 6.48 Å². The van der Waals surface area contributed by atoms with Gasteiger partial charge in [-0.3, -0.25) is 0 Å². The number of anilines is 6. The summed E-state index contributed by atoms with van der Waals surface area (Å²) in [6, 6.07) is 53.3. The zero-order chi connectivity index (χ0) is 47.9. The largest absolute Gasteiger partial charge is 0.310 e. The first-order valence-corrected chi connectivity index (χ1v) is 27.2. The first-order chi connectivity index (χ1) is 33.4. The van der Waals surface area contributed by atoms with Crippen LogP contribution in [0.4, 0.5) is 34.1 Å². The van der Waals surface area contributed by atoms with Crippen LogP contribution in [0.5, 0.6) is 0 Å². The van der Waals surface area contributed by atoms with Crippen LogP contribution < -0.4 is 9.80 Å². The Morgan fingerprint density at radius 1 is 0.377 bits per heavy atom. The fraction of sp³-hybridized carbons (Fsp3) is 0.403. The molecular weight excluding hydrogens is 833 g/mol. The van der Waals surface area contributed by atoms with Crippen LogP contribution in [0.25, 0.3) is 32.3 Å². The molecule has 0 aromatic heterocycles. The van der Waals surface area contributed by atoms with Gasteiger partial charge in [-0.05, 0) is 189 Å². The third-order valence-electron chi connectivity index (χ3n) is 16.5. The molecule has 356 valence electrons. The monoisotopic (exact) mass is 911 g/mol. The number of benzene rings is 8. The van der Waals surface area contributed by atoms with Crippen LogP contribution in [0.2, 0.25) is 0 Å². The maximum atomic E-state index is 2.60. The Hall–Kier alpha value is -5.60. The smallest absolute Gasteiger partial charge is 0.0543 e. The molecule has 10 rings (SSSR count). The maximum absolute atomic E-state index is 2.60. The normalized spacial score (nSPS) is 15.7. The van der Waals surface area contributed by atoms with Crippen molar-refractivity contribution in [2.24, 2.45) is 5.92 Å².